The van der Waals surface area contributed by atoms with Gasteiger partial charge in [-0.3, -0.25) is 4.79 Å². The molecule has 10 heteroatoms. The zero-order valence-electron chi connectivity index (χ0n) is 18.5. The number of amides is 1. The Balaban J connectivity index is 1.61. The lowest BCUT2D eigenvalue weighted by Gasteiger charge is -2.29. The lowest BCUT2D eigenvalue weighted by molar-refractivity contribution is -0.130. The number of benzene rings is 3. The topological polar surface area (TPSA) is 86.3 Å². The molecule has 1 unspecified atom stereocenters. The SMILES string of the molecule is CC(c1ccc(N)cc1F)N1C(=O)CO[C@@H]1c1nn(-c2ccc(Br)cc2)nc1-c1ccc(F)cc1. The molecule has 1 fully saturated rings. The quantitative estimate of drug-likeness (QED) is 0.353. The Bertz CT molecular complexity index is 1390. The molecule has 178 valence electrons. The molecule has 1 saturated heterocycles. The van der Waals surface area contributed by atoms with Gasteiger partial charge in [-0.05, 0) is 67.6 Å². The van der Waals surface area contributed by atoms with Crippen LogP contribution in [0.5, 0.6) is 0 Å². The van der Waals surface area contributed by atoms with Crippen LogP contribution >= 0.6 is 15.9 Å². The Morgan fingerprint density at radius 3 is 2.46 bits per heavy atom. The number of rotatable bonds is 5. The van der Waals surface area contributed by atoms with Crippen LogP contribution in [0.1, 0.15) is 30.5 Å². The maximum absolute atomic E-state index is 14.7. The van der Waals surface area contributed by atoms with Gasteiger partial charge >= 0.3 is 0 Å². The highest BCUT2D eigenvalue weighted by Crippen LogP contribution is 2.39. The van der Waals surface area contributed by atoms with Crippen molar-refractivity contribution >= 4 is 27.5 Å². The molecule has 35 heavy (non-hydrogen) atoms. The molecule has 1 aromatic heterocycles. The highest BCUT2D eigenvalue weighted by molar-refractivity contribution is 9.10. The van der Waals surface area contributed by atoms with Gasteiger partial charge in [0.1, 0.15) is 29.6 Å². The van der Waals surface area contributed by atoms with E-state index >= 15 is 0 Å². The van der Waals surface area contributed by atoms with Gasteiger partial charge in [-0.25, -0.2) is 8.78 Å². The van der Waals surface area contributed by atoms with E-state index in [0.29, 0.717) is 28.2 Å². The van der Waals surface area contributed by atoms with Gasteiger partial charge in [0.05, 0.1) is 11.7 Å². The lowest BCUT2D eigenvalue weighted by Crippen LogP contribution is -2.32. The number of ether oxygens (including phenoxy) is 1. The average molecular weight is 540 g/mol. The Morgan fingerprint density at radius 1 is 1.06 bits per heavy atom. The first-order valence-electron chi connectivity index (χ1n) is 10.8. The standard InChI is InChI=1S/C25H20BrF2N5O2/c1-14(20-11-8-18(29)12-21(20)28)32-22(34)13-35-25(32)24-23(15-2-6-17(27)7-3-15)30-33(31-24)19-9-4-16(26)5-10-19/h2-12,14,25H,13,29H2,1H3/t14?,25-/m1/s1. The third-order valence-electron chi connectivity index (χ3n) is 5.85. The molecule has 7 nitrogen and oxygen atoms in total. The van der Waals surface area contributed by atoms with Gasteiger partial charge in [0, 0.05) is 21.3 Å². The fourth-order valence-electron chi connectivity index (χ4n) is 4.08. The van der Waals surface area contributed by atoms with E-state index in [0.717, 1.165) is 4.47 Å². The number of hydrogen-bond acceptors (Lipinski definition) is 5. The Hall–Kier alpha value is -3.63. The molecule has 0 aliphatic carbocycles. The van der Waals surface area contributed by atoms with E-state index in [-0.39, 0.29) is 18.2 Å². The number of aromatic nitrogens is 3. The fraction of sp³-hybridized carbons (Fsp3) is 0.160. The summed E-state index contributed by atoms with van der Waals surface area (Å²) in [6.07, 6.45) is -0.932. The molecule has 2 N–H and O–H groups in total. The molecule has 0 saturated carbocycles. The van der Waals surface area contributed by atoms with Gasteiger partial charge in [0.2, 0.25) is 0 Å². The highest BCUT2D eigenvalue weighted by atomic mass is 79.9. The van der Waals surface area contributed by atoms with E-state index in [2.05, 4.69) is 26.1 Å². The first-order valence-corrected chi connectivity index (χ1v) is 11.6. The zero-order chi connectivity index (χ0) is 24.7. The van der Waals surface area contributed by atoms with Gasteiger partial charge in [0.15, 0.2) is 6.23 Å². The van der Waals surface area contributed by atoms with Crippen molar-refractivity contribution in [3.8, 4) is 16.9 Å². The van der Waals surface area contributed by atoms with Gasteiger partial charge in [-0.1, -0.05) is 22.0 Å². The maximum atomic E-state index is 14.7. The van der Waals surface area contributed by atoms with Crippen molar-refractivity contribution in [2.45, 2.75) is 19.2 Å². The number of nitrogen functional groups attached to an aromatic ring is 1. The molecule has 1 amide bonds. The first-order chi connectivity index (χ1) is 16.8. The smallest absolute Gasteiger partial charge is 0.251 e. The van der Waals surface area contributed by atoms with Crippen LogP contribution in [0.15, 0.2) is 71.2 Å². The van der Waals surface area contributed by atoms with Gasteiger partial charge in [-0.2, -0.15) is 4.80 Å². The maximum Gasteiger partial charge on any atom is 0.251 e. The normalized spacial score (nSPS) is 16.6. The van der Waals surface area contributed by atoms with Crippen LogP contribution in [-0.2, 0) is 9.53 Å². The summed E-state index contributed by atoms with van der Waals surface area (Å²) in [5.74, 6) is -1.23. The average Bonchev–Trinajstić information content (AvgIpc) is 3.43. The van der Waals surface area contributed by atoms with Crippen LogP contribution in [-0.4, -0.2) is 32.4 Å². The number of carbonyl (C=O) groups is 1. The first kappa shape index (κ1) is 23.1. The van der Waals surface area contributed by atoms with Crippen molar-refractivity contribution in [2.75, 3.05) is 12.3 Å². The monoisotopic (exact) mass is 539 g/mol. The fourth-order valence-corrected chi connectivity index (χ4v) is 4.35. The Kier molecular flexibility index (Phi) is 6.08. The summed E-state index contributed by atoms with van der Waals surface area (Å²) in [5.41, 5.74) is 8.33. The predicted octanol–water partition coefficient (Wildman–Crippen LogP) is 5.18. The van der Waals surface area contributed by atoms with Crippen molar-refractivity contribution in [3.63, 3.8) is 0 Å². The molecule has 3 aromatic carbocycles. The van der Waals surface area contributed by atoms with Crippen LogP contribution in [0.4, 0.5) is 14.5 Å². The van der Waals surface area contributed by atoms with E-state index < -0.39 is 23.9 Å². The molecule has 4 aromatic rings. The minimum Gasteiger partial charge on any atom is -0.399 e. The summed E-state index contributed by atoms with van der Waals surface area (Å²) >= 11 is 3.41. The number of nitrogens with two attached hydrogens (primary N) is 1. The summed E-state index contributed by atoms with van der Waals surface area (Å²) in [6, 6.07) is 16.8. The zero-order valence-corrected chi connectivity index (χ0v) is 20.1. The molecule has 0 bridgehead atoms. The van der Waals surface area contributed by atoms with E-state index in [1.807, 2.05) is 24.3 Å². The molecule has 2 atom stereocenters. The summed E-state index contributed by atoms with van der Waals surface area (Å²) in [5, 5.41) is 9.29. The summed E-state index contributed by atoms with van der Waals surface area (Å²) < 4.78 is 35.1. The van der Waals surface area contributed by atoms with E-state index in [1.165, 1.54) is 27.9 Å². The molecule has 5 rings (SSSR count). The predicted molar refractivity (Wildman–Crippen MR) is 129 cm³/mol. The molecule has 1 aliphatic heterocycles. The van der Waals surface area contributed by atoms with Crippen LogP contribution < -0.4 is 5.73 Å². The Labute approximate surface area is 208 Å². The number of carbonyl (C=O) groups excluding carboxylic acids is 1. The van der Waals surface area contributed by atoms with Gasteiger partial charge in [0.25, 0.3) is 5.91 Å². The van der Waals surface area contributed by atoms with Crippen LogP contribution in [0.3, 0.4) is 0 Å². The van der Waals surface area contributed by atoms with Gasteiger partial charge < -0.3 is 15.4 Å². The summed E-state index contributed by atoms with van der Waals surface area (Å²) in [4.78, 5) is 15.8. The second-order valence-electron chi connectivity index (χ2n) is 8.13. The number of hydrogen-bond donors (Lipinski definition) is 1. The minimum atomic E-state index is -0.932. The third kappa shape index (κ3) is 4.42. The lowest BCUT2D eigenvalue weighted by atomic mass is 10.0. The molecule has 0 spiro atoms. The van der Waals surface area contributed by atoms with Crippen molar-refractivity contribution in [3.05, 3.63) is 94.1 Å². The van der Waals surface area contributed by atoms with Crippen molar-refractivity contribution < 1.29 is 18.3 Å². The van der Waals surface area contributed by atoms with Crippen LogP contribution in [0.2, 0.25) is 0 Å². The molecule has 2 heterocycles. The second kappa shape index (κ2) is 9.20. The molecular formula is C25H20BrF2N5O2. The molecule has 0 radical (unpaired) electrons. The largest absolute Gasteiger partial charge is 0.399 e. The van der Waals surface area contributed by atoms with Crippen LogP contribution in [0.25, 0.3) is 16.9 Å². The number of halogens is 3. The van der Waals surface area contributed by atoms with E-state index in [9.17, 15) is 13.6 Å². The number of nitrogens with zero attached hydrogens (tertiary/aromatic N) is 4. The molecule has 1 aliphatic rings. The van der Waals surface area contributed by atoms with Gasteiger partial charge in [-0.15, -0.1) is 10.2 Å². The molecular weight excluding hydrogens is 520 g/mol. The summed E-state index contributed by atoms with van der Waals surface area (Å²) in [6.45, 7) is 1.52. The van der Waals surface area contributed by atoms with Crippen molar-refractivity contribution in [1.29, 1.82) is 0 Å². The minimum absolute atomic E-state index is 0.195. The number of anilines is 1. The highest BCUT2D eigenvalue weighted by Gasteiger charge is 2.41. The van der Waals surface area contributed by atoms with E-state index in [1.54, 1.807) is 31.2 Å². The summed E-state index contributed by atoms with van der Waals surface area (Å²) in [7, 11) is 0. The van der Waals surface area contributed by atoms with Crippen LogP contribution in [0, 0.1) is 11.6 Å². The van der Waals surface area contributed by atoms with E-state index in [4.69, 9.17) is 10.5 Å². The third-order valence-corrected chi connectivity index (χ3v) is 6.37. The van der Waals surface area contributed by atoms with Crippen molar-refractivity contribution in [1.82, 2.24) is 19.9 Å². The Morgan fingerprint density at radius 2 is 1.77 bits per heavy atom. The second-order valence-corrected chi connectivity index (χ2v) is 9.04. The van der Waals surface area contributed by atoms with Crippen molar-refractivity contribution in [2.24, 2.45) is 0 Å².